The molecule has 2 N–H and O–H groups in total. The maximum atomic E-state index is 15.3. The summed E-state index contributed by atoms with van der Waals surface area (Å²) in [6, 6.07) is 11.6. The molecule has 5 bridgehead atoms. The Morgan fingerprint density at radius 2 is 1.80 bits per heavy atom. The average Bonchev–Trinajstić information content (AvgIpc) is 3.69. The number of halogens is 2. The number of rotatable bonds is 7. The quantitative estimate of drug-likeness (QED) is 0.307. The molecule has 0 aromatic heterocycles. The second-order valence-electron chi connectivity index (χ2n) is 13.8. The molecule has 13 heteroatoms. The maximum absolute atomic E-state index is 15.3. The Balaban J connectivity index is 1.53. The number of carbonyl (C=O) groups is 4. The first-order chi connectivity index (χ1) is 24.4. The summed E-state index contributed by atoms with van der Waals surface area (Å²) in [6.45, 7) is 5.26. The van der Waals surface area contributed by atoms with Crippen molar-refractivity contribution in [2.45, 2.75) is 69.5 Å². The van der Waals surface area contributed by atoms with Crippen LogP contribution in [-0.4, -0.2) is 90.4 Å². The second-order valence-corrected chi connectivity index (χ2v) is 15.2. The Morgan fingerprint density at radius 1 is 1.06 bits per heavy atom. The van der Waals surface area contributed by atoms with Gasteiger partial charge in [0.1, 0.15) is 29.8 Å². The van der Waals surface area contributed by atoms with E-state index in [1.165, 1.54) is 16.9 Å². The van der Waals surface area contributed by atoms with Gasteiger partial charge in [-0.25, -0.2) is 0 Å². The number of aliphatic hydroxyl groups is 1. The Labute approximate surface area is 311 Å². The molecular weight excluding hydrogens is 742 g/mol. The number of anilines is 1. The number of para-hydroxylation sites is 1. The molecule has 4 heterocycles. The lowest BCUT2D eigenvalue weighted by Gasteiger charge is -2.40. The van der Waals surface area contributed by atoms with E-state index < -0.39 is 72.2 Å². The van der Waals surface area contributed by atoms with Crippen LogP contribution >= 0.6 is 27.5 Å². The number of hydrogen-bond donors (Lipinski definition) is 2. The fourth-order valence-corrected chi connectivity index (χ4v) is 9.05. The summed E-state index contributed by atoms with van der Waals surface area (Å²) in [4.78, 5) is 60.9. The van der Waals surface area contributed by atoms with Crippen LogP contribution in [-0.2, 0) is 33.4 Å². The number of likely N-dealkylation sites (tertiary alicyclic amines) is 1. The number of hydrogen-bond acceptors (Lipinski definition) is 8. The van der Waals surface area contributed by atoms with Crippen LogP contribution < -0.4 is 10.2 Å². The lowest BCUT2D eigenvalue weighted by molar-refractivity contribution is -0.162. The Morgan fingerprint density at radius 3 is 2.47 bits per heavy atom. The molecule has 4 aliphatic rings. The van der Waals surface area contributed by atoms with Gasteiger partial charge in [-0.05, 0) is 42.5 Å². The van der Waals surface area contributed by atoms with Crippen LogP contribution in [0.5, 0.6) is 0 Å². The van der Waals surface area contributed by atoms with E-state index in [1.54, 1.807) is 48.6 Å². The molecule has 3 amide bonds. The van der Waals surface area contributed by atoms with Gasteiger partial charge in [0.25, 0.3) is 5.91 Å². The van der Waals surface area contributed by atoms with Crippen molar-refractivity contribution >= 4 is 56.9 Å². The monoisotopic (exact) mass is 783 g/mol. The van der Waals surface area contributed by atoms with Crippen LogP contribution in [0.4, 0.5) is 5.69 Å². The molecule has 6 rings (SSSR count). The summed E-state index contributed by atoms with van der Waals surface area (Å²) < 4.78 is 19.0. The highest BCUT2D eigenvalue weighted by atomic mass is 79.9. The molecule has 0 aliphatic carbocycles. The van der Waals surface area contributed by atoms with Crippen molar-refractivity contribution in [1.82, 2.24) is 10.2 Å². The summed E-state index contributed by atoms with van der Waals surface area (Å²) in [5.74, 6) is -4.54. The normalized spacial score (nSPS) is 31.0. The van der Waals surface area contributed by atoms with Gasteiger partial charge in [-0.2, -0.15) is 0 Å². The number of methoxy groups -OCH3 is 1. The molecule has 2 aromatic carbocycles. The van der Waals surface area contributed by atoms with Gasteiger partial charge in [-0.1, -0.05) is 96.0 Å². The molecule has 2 aromatic rings. The third-order valence-corrected chi connectivity index (χ3v) is 11.3. The van der Waals surface area contributed by atoms with Crippen molar-refractivity contribution in [3.8, 4) is 0 Å². The van der Waals surface area contributed by atoms with E-state index in [4.69, 9.17) is 25.8 Å². The van der Waals surface area contributed by atoms with Gasteiger partial charge in [-0.15, -0.1) is 0 Å². The van der Waals surface area contributed by atoms with Crippen molar-refractivity contribution in [1.29, 1.82) is 0 Å². The molecular formula is C38H43BrClN3O8. The maximum Gasteiger partial charge on any atom is 0.313 e. The fraction of sp³-hybridized carbons (Fsp3) is 0.474. The summed E-state index contributed by atoms with van der Waals surface area (Å²) in [7, 11) is 1.50. The number of nitrogens with zero attached hydrogens (tertiary/aromatic N) is 2. The number of esters is 1. The van der Waals surface area contributed by atoms with Crippen LogP contribution in [0, 0.1) is 24.7 Å². The summed E-state index contributed by atoms with van der Waals surface area (Å²) in [5, 5.41) is 14.0. The molecule has 0 unspecified atom stereocenters. The molecule has 51 heavy (non-hydrogen) atoms. The number of amides is 3. The first-order valence-electron chi connectivity index (χ1n) is 17.2. The third-order valence-electron chi connectivity index (χ3n) is 10.3. The van der Waals surface area contributed by atoms with Gasteiger partial charge in [0.2, 0.25) is 11.8 Å². The number of fused-ring (bicyclic) bond motifs is 2. The number of ether oxygens (including phenoxy) is 3. The van der Waals surface area contributed by atoms with Gasteiger partial charge in [0.15, 0.2) is 0 Å². The number of nitrogens with one attached hydrogen (secondary N) is 1. The smallest absolute Gasteiger partial charge is 0.313 e. The van der Waals surface area contributed by atoms with Crippen molar-refractivity contribution in [3.05, 3.63) is 87.4 Å². The van der Waals surface area contributed by atoms with Crippen LogP contribution in [0.15, 0.2) is 71.2 Å². The van der Waals surface area contributed by atoms with Crippen LogP contribution in [0.2, 0.25) is 5.02 Å². The van der Waals surface area contributed by atoms with Crippen molar-refractivity contribution in [3.63, 3.8) is 0 Å². The number of aliphatic hydroxyl groups excluding tert-OH is 1. The van der Waals surface area contributed by atoms with E-state index in [1.807, 2.05) is 39.0 Å². The van der Waals surface area contributed by atoms with E-state index in [0.717, 1.165) is 5.56 Å². The Bertz CT molecular complexity index is 1720. The van der Waals surface area contributed by atoms with Gasteiger partial charge >= 0.3 is 5.97 Å². The Kier molecular flexibility index (Phi) is 11.1. The van der Waals surface area contributed by atoms with Crippen molar-refractivity contribution < 1.29 is 38.5 Å². The molecule has 8 atom stereocenters. The van der Waals surface area contributed by atoms with Crippen LogP contribution in [0.25, 0.3) is 0 Å². The minimum atomic E-state index is -1.57. The predicted octanol–water partition coefficient (Wildman–Crippen LogP) is 4.64. The first-order valence-corrected chi connectivity index (χ1v) is 18.4. The molecule has 0 radical (unpaired) electrons. The molecule has 2 saturated heterocycles. The molecule has 4 aliphatic heterocycles. The van der Waals surface area contributed by atoms with Gasteiger partial charge in [0.05, 0.1) is 41.9 Å². The van der Waals surface area contributed by atoms with Gasteiger partial charge in [0, 0.05) is 24.6 Å². The Hall–Kier alpha value is -3.55. The number of aryl methyl sites for hydroxylation is 1. The number of allylic oxidation sites excluding steroid dienone is 1. The summed E-state index contributed by atoms with van der Waals surface area (Å²) in [6.07, 6.45) is 3.93. The van der Waals surface area contributed by atoms with E-state index in [0.29, 0.717) is 27.2 Å². The number of benzene rings is 2. The second kappa shape index (κ2) is 15.2. The summed E-state index contributed by atoms with van der Waals surface area (Å²) >= 11 is 10.4. The molecule has 2 fully saturated rings. The zero-order chi connectivity index (χ0) is 36.6. The van der Waals surface area contributed by atoms with Crippen molar-refractivity contribution in [2.24, 2.45) is 17.8 Å². The topological polar surface area (TPSA) is 135 Å². The standard InChI is InChI=1S/C38H43BrClN3O8/c1-21(2)27(19-44)43-34-36(47)42(31-22(3)12-11-15-25(31)40)17-10-6-9-16-28(45)41-26(20-49-4)32(23-13-7-5-8-14-23)50-37(48)29-30(35(43)46)38(34)18-24(39)33(29)51-38/h5-8,10-15,18,21,26-27,29-30,32-34,44H,9,16-17,19-20H2,1-4H3,(H,41,45)/b10-6-/t26-,27-,29+,30-,32-,33+,34+,38-/m0/s1. The number of carbonyl (C=O) groups excluding carboxylic acids is 4. The third kappa shape index (κ3) is 6.65. The highest BCUT2D eigenvalue weighted by Crippen LogP contribution is 2.60. The molecule has 11 nitrogen and oxygen atoms in total. The minimum absolute atomic E-state index is 0.0397. The van der Waals surface area contributed by atoms with E-state index in [9.17, 15) is 19.5 Å². The average molecular weight is 785 g/mol. The minimum Gasteiger partial charge on any atom is -0.455 e. The van der Waals surface area contributed by atoms with E-state index in [-0.39, 0.29) is 31.4 Å². The van der Waals surface area contributed by atoms with E-state index in [2.05, 4.69) is 21.2 Å². The number of cyclic esters (lactones) is 1. The SMILES string of the molecule is COC[C@@H]1NC(=O)CC/C=C\CN(c2c(C)cccc2Cl)C(=O)[C@H]2N([C@@H](CO)C(C)C)C(=O)[C@@H]3[C@@H](C(=O)O[C@H]1c1ccccc1)[C@@H]1O[C@@]32C=C1Br. The lowest BCUT2D eigenvalue weighted by Crippen LogP contribution is -2.59. The largest absolute Gasteiger partial charge is 0.455 e. The van der Waals surface area contributed by atoms with Gasteiger partial charge in [-0.3, -0.25) is 19.2 Å². The van der Waals surface area contributed by atoms with E-state index >= 15 is 4.79 Å². The summed E-state index contributed by atoms with van der Waals surface area (Å²) in [5.41, 5.74) is 0.240. The highest BCUT2D eigenvalue weighted by Gasteiger charge is 2.75. The lowest BCUT2D eigenvalue weighted by atomic mass is 9.74. The molecule has 1 spiro atoms. The zero-order valence-corrected chi connectivity index (χ0v) is 31.3. The van der Waals surface area contributed by atoms with Gasteiger partial charge < -0.3 is 34.4 Å². The molecule has 0 saturated carbocycles. The van der Waals surface area contributed by atoms with Crippen molar-refractivity contribution in [2.75, 3.05) is 31.8 Å². The first kappa shape index (κ1) is 37.2. The highest BCUT2D eigenvalue weighted by molar-refractivity contribution is 9.11. The fourth-order valence-electron chi connectivity index (χ4n) is 7.99. The van der Waals surface area contributed by atoms with Crippen LogP contribution in [0.3, 0.4) is 0 Å². The molecule has 272 valence electrons. The zero-order valence-electron chi connectivity index (χ0n) is 29.0. The predicted molar refractivity (Wildman–Crippen MR) is 194 cm³/mol. The van der Waals surface area contributed by atoms with Crippen LogP contribution in [0.1, 0.15) is 43.9 Å².